The fourth-order valence-corrected chi connectivity index (χ4v) is 1.76. The zero-order valence-corrected chi connectivity index (χ0v) is 11.1. The summed E-state index contributed by atoms with van der Waals surface area (Å²) in [5, 5.41) is 9.67. The predicted octanol–water partition coefficient (Wildman–Crippen LogP) is 3.95. The van der Waals surface area contributed by atoms with Gasteiger partial charge in [-0.2, -0.15) is 0 Å². The molecule has 0 unspecified atom stereocenters. The van der Waals surface area contributed by atoms with Crippen molar-refractivity contribution in [1.29, 1.82) is 0 Å². The van der Waals surface area contributed by atoms with Gasteiger partial charge >= 0.3 is 0 Å². The average Bonchev–Trinajstić information content (AvgIpc) is 2.39. The molecule has 96 valence electrons. The number of benzene rings is 1. The van der Waals surface area contributed by atoms with Crippen molar-refractivity contribution in [2.75, 3.05) is 6.61 Å². The third-order valence-electron chi connectivity index (χ3n) is 3.29. The summed E-state index contributed by atoms with van der Waals surface area (Å²) in [5.74, 6) is 1.53. The Morgan fingerprint density at radius 3 is 2.06 bits per heavy atom. The van der Waals surface area contributed by atoms with Gasteiger partial charge in [-0.05, 0) is 30.0 Å². The molecule has 2 heteroatoms. The third-order valence-corrected chi connectivity index (χ3v) is 3.29. The summed E-state index contributed by atoms with van der Waals surface area (Å²) in [6, 6.07) is 7.76. The molecule has 2 nitrogen and oxygen atoms in total. The largest absolute Gasteiger partial charge is 0.493 e. The molecule has 0 heterocycles. The highest BCUT2D eigenvalue weighted by molar-refractivity contribution is 5.28. The van der Waals surface area contributed by atoms with Crippen LogP contribution in [0.4, 0.5) is 0 Å². The highest BCUT2D eigenvalue weighted by Crippen LogP contribution is 2.20. The lowest BCUT2D eigenvalue weighted by Gasteiger charge is -2.14. The molecule has 0 saturated heterocycles. The maximum absolute atomic E-state index is 9.67. The molecule has 0 aliphatic heterocycles. The Hall–Kier alpha value is -1.02. The maximum Gasteiger partial charge on any atom is 0.119 e. The SMILES string of the molecule is CCC(CC)COc1ccc([C@@H](O)CC)cc1. The molecule has 0 aliphatic rings. The maximum atomic E-state index is 9.67. The van der Waals surface area contributed by atoms with Crippen molar-refractivity contribution >= 4 is 0 Å². The Balaban J connectivity index is 2.50. The number of aliphatic hydroxyl groups excluding tert-OH is 1. The number of aliphatic hydroxyl groups is 1. The normalized spacial score (nSPS) is 12.8. The molecule has 17 heavy (non-hydrogen) atoms. The van der Waals surface area contributed by atoms with Crippen LogP contribution in [0.3, 0.4) is 0 Å². The molecule has 0 aromatic heterocycles. The van der Waals surface area contributed by atoms with Crippen LogP contribution in [0.15, 0.2) is 24.3 Å². The Labute approximate surface area is 105 Å². The van der Waals surface area contributed by atoms with Gasteiger partial charge in [0.05, 0.1) is 12.7 Å². The predicted molar refractivity (Wildman–Crippen MR) is 71.3 cm³/mol. The molecule has 0 aliphatic carbocycles. The number of hydrogen-bond acceptors (Lipinski definition) is 2. The van der Waals surface area contributed by atoms with E-state index in [4.69, 9.17) is 4.74 Å². The topological polar surface area (TPSA) is 29.5 Å². The van der Waals surface area contributed by atoms with Gasteiger partial charge in [-0.3, -0.25) is 0 Å². The molecule has 0 spiro atoms. The van der Waals surface area contributed by atoms with Crippen molar-refractivity contribution in [2.45, 2.75) is 46.1 Å². The van der Waals surface area contributed by atoms with Gasteiger partial charge in [0, 0.05) is 0 Å². The minimum absolute atomic E-state index is 0.358. The second-order valence-corrected chi connectivity index (χ2v) is 4.49. The van der Waals surface area contributed by atoms with Crippen molar-refractivity contribution in [3.05, 3.63) is 29.8 Å². The average molecular weight is 236 g/mol. The lowest BCUT2D eigenvalue weighted by atomic mass is 10.1. The molecule has 1 aromatic carbocycles. The molecule has 1 atom stereocenters. The van der Waals surface area contributed by atoms with E-state index < -0.39 is 0 Å². The summed E-state index contributed by atoms with van der Waals surface area (Å²) in [6.07, 6.45) is 2.70. The first-order valence-corrected chi connectivity index (χ1v) is 6.62. The minimum atomic E-state index is -0.358. The number of hydrogen-bond donors (Lipinski definition) is 1. The van der Waals surface area contributed by atoms with E-state index >= 15 is 0 Å². The summed E-state index contributed by atoms with van der Waals surface area (Å²) in [4.78, 5) is 0. The zero-order valence-electron chi connectivity index (χ0n) is 11.1. The van der Waals surface area contributed by atoms with Gasteiger partial charge in [0.2, 0.25) is 0 Å². The Kier molecular flexibility index (Phi) is 6.06. The standard InChI is InChI=1S/C15H24O2/c1-4-12(5-2)11-17-14-9-7-13(8-10-14)15(16)6-3/h7-10,12,15-16H,4-6,11H2,1-3H3/t15-/m0/s1. The molecule has 0 amide bonds. The van der Waals surface area contributed by atoms with Crippen molar-refractivity contribution in [3.63, 3.8) is 0 Å². The van der Waals surface area contributed by atoms with Gasteiger partial charge in [-0.15, -0.1) is 0 Å². The van der Waals surface area contributed by atoms with Gasteiger partial charge in [-0.25, -0.2) is 0 Å². The first-order valence-electron chi connectivity index (χ1n) is 6.62. The Bertz CT molecular complexity index is 301. The monoisotopic (exact) mass is 236 g/mol. The summed E-state index contributed by atoms with van der Waals surface area (Å²) in [7, 11) is 0. The minimum Gasteiger partial charge on any atom is -0.493 e. The Morgan fingerprint density at radius 1 is 1.00 bits per heavy atom. The molecule has 0 bridgehead atoms. The van der Waals surface area contributed by atoms with E-state index in [1.807, 2.05) is 31.2 Å². The van der Waals surface area contributed by atoms with E-state index in [-0.39, 0.29) is 6.10 Å². The highest BCUT2D eigenvalue weighted by Gasteiger charge is 2.06. The molecule has 1 aromatic rings. The molecule has 0 saturated carbocycles. The lowest BCUT2D eigenvalue weighted by molar-refractivity contribution is 0.173. The van der Waals surface area contributed by atoms with Crippen LogP contribution in [0.5, 0.6) is 5.75 Å². The van der Waals surface area contributed by atoms with Crippen LogP contribution in [-0.4, -0.2) is 11.7 Å². The summed E-state index contributed by atoms with van der Waals surface area (Å²) in [5.41, 5.74) is 0.961. The third kappa shape index (κ3) is 4.39. The van der Waals surface area contributed by atoms with Gasteiger partial charge in [0.25, 0.3) is 0 Å². The van der Waals surface area contributed by atoms with E-state index in [0.29, 0.717) is 5.92 Å². The van der Waals surface area contributed by atoms with Gasteiger partial charge in [0.1, 0.15) is 5.75 Å². The first kappa shape index (κ1) is 14.0. The molecule has 1 N–H and O–H groups in total. The van der Waals surface area contributed by atoms with E-state index in [1.54, 1.807) is 0 Å². The first-order chi connectivity index (χ1) is 8.21. The van der Waals surface area contributed by atoms with Crippen LogP contribution in [0.2, 0.25) is 0 Å². The quantitative estimate of drug-likeness (QED) is 0.777. The fraction of sp³-hybridized carbons (Fsp3) is 0.600. The Morgan fingerprint density at radius 2 is 1.59 bits per heavy atom. The van der Waals surface area contributed by atoms with Gasteiger partial charge in [-0.1, -0.05) is 45.7 Å². The van der Waals surface area contributed by atoms with E-state index in [0.717, 1.165) is 37.2 Å². The zero-order chi connectivity index (χ0) is 12.7. The highest BCUT2D eigenvalue weighted by atomic mass is 16.5. The van der Waals surface area contributed by atoms with E-state index in [9.17, 15) is 5.11 Å². The van der Waals surface area contributed by atoms with Gasteiger partial charge in [0.15, 0.2) is 0 Å². The molecule has 1 rings (SSSR count). The van der Waals surface area contributed by atoms with E-state index in [2.05, 4.69) is 13.8 Å². The number of rotatable bonds is 7. The van der Waals surface area contributed by atoms with Crippen LogP contribution in [0, 0.1) is 5.92 Å². The van der Waals surface area contributed by atoms with E-state index in [1.165, 1.54) is 0 Å². The van der Waals surface area contributed by atoms with Crippen molar-refractivity contribution in [2.24, 2.45) is 5.92 Å². The second-order valence-electron chi connectivity index (χ2n) is 4.49. The molecular weight excluding hydrogens is 212 g/mol. The molecule has 0 fully saturated rings. The van der Waals surface area contributed by atoms with Crippen molar-refractivity contribution < 1.29 is 9.84 Å². The summed E-state index contributed by atoms with van der Waals surface area (Å²) >= 11 is 0. The number of ether oxygens (including phenoxy) is 1. The summed E-state index contributed by atoms with van der Waals surface area (Å²) < 4.78 is 5.74. The van der Waals surface area contributed by atoms with Crippen LogP contribution >= 0.6 is 0 Å². The lowest BCUT2D eigenvalue weighted by Crippen LogP contribution is -2.10. The molecule has 0 radical (unpaired) electrons. The van der Waals surface area contributed by atoms with Crippen molar-refractivity contribution in [1.82, 2.24) is 0 Å². The van der Waals surface area contributed by atoms with Crippen LogP contribution in [0.25, 0.3) is 0 Å². The van der Waals surface area contributed by atoms with Crippen LogP contribution in [0.1, 0.15) is 51.7 Å². The fourth-order valence-electron chi connectivity index (χ4n) is 1.76. The molecular formula is C15H24O2. The van der Waals surface area contributed by atoms with Crippen LogP contribution in [-0.2, 0) is 0 Å². The van der Waals surface area contributed by atoms with Crippen molar-refractivity contribution in [3.8, 4) is 5.75 Å². The summed E-state index contributed by atoms with van der Waals surface area (Å²) in [6.45, 7) is 7.14. The van der Waals surface area contributed by atoms with Crippen LogP contribution < -0.4 is 4.74 Å². The smallest absolute Gasteiger partial charge is 0.119 e. The van der Waals surface area contributed by atoms with Gasteiger partial charge < -0.3 is 9.84 Å². The second kappa shape index (κ2) is 7.33.